The molecule has 5 heteroatoms. The van der Waals surface area contributed by atoms with Gasteiger partial charge in [-0.15, -0.1) is 0 Å². The van der Waals surface area contributed by atoms with Gasteiger partial charge in [-0.05, 0) is 37.1 Å². The van der Waals surface area contributed by atoms with Gasteiger partial charge in [0.05, 0.1) is 13.2 Å². The summed E-state index contributed by atoms with van der Waals surface area (Å²) in [4.78, 5) is 13.9. The van der Waals surface area contributed by atoms with Crippen LogP contribution in [0.4, 0.5) is 11.4 Å². The number of ether oxygens (including phenoxy) is 1. The summed E-state index contributed by atoms with van der Waals surface area (Å²) in [6.45, 7) is 3.49. The zero-order chi connectivity index (χ0) is 14.2. The highest BCUT2D eigenvalue weighted by Crippen LogP contribution is 2.19. The Morgan fingerprint density at radius 1 is 1.20 bits per heavy atom. The zero-order valence-corrected chi connectivity index (χ0v) is 11.7. The highest BCUT2D eigenvalue weighted by Gasteiger charge is 2.11. The molecule has 0 radical (unpaired) electrons. The number of aliphatic hydroxyl groups excluding tert-OH is 1. The number of hydrogen-bond acceptors (Lipinski definition) is 4. The van der Waals surface area contributed by atoms with Crippen molar-refractivity contribution < 1.29 is 14.6 Å². The van der Waals surface area contributed by atoms with E-state index in [0.29, 0.717) is 19.3 Å². The van der Waals surface area contributed by atoms with Crippen LogP contribution in [0.5, 0.6) is 0 Å². The first-order chi connectivity index (χ1) is 9.79. The molecule has 0 aromatic heterocycles. The fourth-order valence-corrected chi connectivity index (χ4v) is 2.20. The van der Waals surface area contributed by atoms with Crippen LogP contribution >= 0.6 is 0 Å². The fourth-order valence-electron chi connectivity index (χ4n) is 2.20. The Balaban J connectivity index is 1.83. The molecule has 5 nitrogen and oxygen atoms in total. The molecule has 0 unspecified atom stereocenters. The number of rotatable bonds is 6. The number of unbranched alkanes of at least 4 members (excludes halogenated alkanes) is 1. The minimum Gasteiger partial charge on any atom is -0.396 e. The van der Waals surface area contributed by atoms with Crippen LogP contribution in [0, 0.1) is 0 Å². The van der Waals surface area contributed by atoms with E-state index in [0.717, 1.165) is 37.7 Å². The maximum absolute atomic E-state index is 11.7. The first-order valence-electron chi connectivity index (χ1n) is 7.13. The van der Waals surface area contributed by atoms with E-state index in [1.165, 1.54) is 0 Å². The monoisotopic (exact) mass is 278 g/mol. The Kier molecular flexibility index (Phi) is 5.83. The van der Waals surface area contributed by atoms with Crippen LogP contribution in [-0.2, 0) is 9.53 Å². The summed E-state index contributed by atoms with van der Waals surface area (Å²) in [7, 11) is 0. The van der Waals surface area contributed by atoms with Crippen LogP contribution < -0.4 is 10.2 Å². The lowest BCUT2D eigenvalue weighted by molar-refractivity contribution is -0.116. The topological polar surface area (TPSA) is 61.8 Å². The molecule has 0 aliphatic carbocycles. The summed E-state index contributed by atoms with van der Waals surface area (Å²) in [5, 5.41) is 11.5. The Morgan fingerprint density at radius 2 is 1.90 bits per heavy atom. The molecule has 1 saturated heterocycles. The molecule has 1 amide bonds. The summed E-state index contributed by atoms with van der Waals surface area (Å²) in [5.74, 6) is -0.00225. The van der Waals surface area contributed by atoms with E-state index in [9.17, 15) is 4.79 Å². The molecule has 20 heavy (non-hydrogen) atoms. The Morgan fingerprint density at radius 3 is 2.55 bits per heavy atom. The lowest BCUT2D eigenvalue weighted by atomic mass is 10.2. The number of benzene rings is 1. The van der Waals surface area contributed by atoms with Gasteiger partial charge in [-0.2, -0.15) is 0 Å². The van der Waals surface area contributed by atoms with E-state index in [4.69, 9.17) is 9.84 Å². The number of amides is 1. The minimum atomic E-state index is -0.00225. The number of nitrogens with zero attached hydrogens (tertiary/aromatic N) is 1. The summed E-state index contributed by atoms with van der Waals surface area (Å²) in [5.41, 5.74) is 1.97. The van der Waals surface area contributed by atoms with Gasteiger partial charge in [0, 0.05) is 37.5 Å². The molecule has 1 aliphatic heterocycles. The maximum atomic E-state index is 11.7. The third kappa shape index (κ3) is 4.51. The van der Waals surface area contributed by atoms with Crippen molar-refractivity contribution in [1.29, 1.82) is 0 Å². The van der Waals surface area contributed by atoms with Crippen LogP contribution in [-0.4, -0.2) is 43.9 Å². The molecule has 1 aromatic carbocycles. The Labute approximate surface area is 119 Å². The first-order valence-corrected chi connectivity index (χ1v) is 7.13. The fraction of sp³-hybridized carbons (Fsp3) is 0.533. The molecule has 1 aliphatic rings. The summed E-state index contributed by atoms with van der Waals surface area (Å²) in [6, 6.07) is 7.90. The first kappa shape index (κ1) is 14.8. The largest absolute Gasteiger partial charge is 0.396 e. The second-order valence-electron chi connectivity index (χ2n) is 4.88. The summed E-state index contributed by atoms with van der Waals surface area (Å²) < 4.78 is 5.33. The maximum Gasteiger partial charge on any atom is 0.224 e. The molecule has 1 aromatic rings. The summed E-state index contributed by atoms with van der Waals surface area (Å²) >= 11 is 0. The van der Waals surface area contributed by atoms with Gasteiger partial charge in [0.1, 0.15) is 0 Å². The highest BCUT2D eigenvalue weighted by atomic mass is 16.5. The number of morpholine rings is 1. The highest BCUT2D eigenvalue weighted by molar-refractivity contribution is 5.90. The number of aliphatic hydroxyl groups is 1. The lowest BCUT2D eigenvalue weighted by Crippen LogP contribution is -2.36. The van der Waals surface area contributed by atoms with Crippen molar-refractivity contribution in [1.82, 2.24) is 0 Å². The van der Waals surface area contributed by atoms with Gasteiger partial charge < -0.3 is 20.1 Å². The number of carbonyl (C=O) groups excluding carboxylic acids is 1. The smallest absolute Gasteiger partial charge is 0.224 e. The molecule has 2 N–H and O–H groups in total. The van der Waals surface area contributed by atoms with Crippen molar-refractivity contribution in [3.63, 3.8) is 0 Å². The number of carbonyl (C=O) groups is 1. The van der Waals surface area contributed by atoms with E-state index < -0.39 is 0 Å². The van der Waals surface area contributed by atoms with E-state index >= 15 is 0 Å². The number of nitrogens with one attached hydrogen (secondary N) is 1. The number of anilines is 2. The van der Waals surface area contributed by atoms with Crippen molar-refractivity contribution in [2.45, 2.75) is 19.3 Å². The predicted molar refractivity (Wildman–Crippen MR) is 79.0 cm³/mol. The predicted octanol–water partition coefficient (Wildman–Crippen LogP) is 1.62. The molecule has 0 bridgehead atoms. The Hall–Kier alpha value is -1.59. The molecule has 1 fully saturated rings. The van der Waals surface area contributed by atoms with E-state index in [1.807, 2.05) is 24.3 Å². The van der Waals surface area contributed by atoms with E-state index in [-0.39, 0.29) is 12.5 Å². The third-order valence-corrected chi connectivity index (χ3v) is 3.34. The van der Waals surface area contributed by atoms with Crippen LogP contribution in [0.1, 0.15) is 19.3 Å². The molecule has 0 atom stereocenters. The van der Waals surface area contributed by atoms with Crippen LogP contribution in [0.25, 0.3) is 0 Å². The summed E-state index contributed by atoms with van der Waals surface area (Å²) in [6.07, 6.45) is 1.84. The molecule has 1 heterocycles. The third-order valence-electron chi connectivity index (χ3n) is 3.34. The molecular weight excluding hydrogens is 256 g/mol. The molecule has 110 valence electrons. The zero-order valence-electron chi connectivity index (χ0n) is 11.7. The Bertz CT molecular complexity index is 414. The second kappa shape index (κ2) is 7.87. The standard InChI is InChI=1S/C15H22N2O3/c18-10-2-1-3-15(19)16-13-4-6-14(7-5-13)17-8-11-20-12-9-17/h4-7,18H,1-3,8-12H2,(H,16,19). The lowest BCUT2D eigenvalue weighted by Gasteiger charge is -2.28. The van der Waals surface area contributed by atoms with Gasteiger partial charge in [0.25, 0.3) is 0 Å². The van der Waals surface area contributed by atoms with Gasteiger partial charge in [-0.3, -0.25) is 4.79 Å². The normalized spacial score (nSPS) is 15.2. The van der Waals surface area contributed by atoms with E-state index in [1.54, 1.807) is 0 Å². The quantitative estimate of drug-likeness (QED) is 0.776. The van der Waals surface area contributed by atoms with E-state index in [2.05, 4.69) is 10.2 Å². The van der Waals surface area contributed by atoms with Gasteiger partial charge in [-0.1, -0.05) is 0 Å². The van der Waals surface area contributed by atoms with Crippen LogP contribution in [0.2, 0.25) is 0 Å². The molecule has 2 rings (SSSR count). The van der Waals surface area contributed by atoms with Gasteiger partial charge >= 0.3 is 0 Å². The van der Waals surface area contributed by atoms with Crippen molar-refractivity contribution in [3.8, 4) is 0 Å². The molecular formula is C15H22N2O3. The average molecular weight is 278 g/mol. The number of hydrogen-bond donors (Lipinski definition) is 2. The second-order valence-corrected chi connectivity index (χ2v) is 4.88. The van der Waals surface area contributed by atoms with Crippen molar-refractivity contribution in [3.05, 3.63) is 24.3 Å². The average Bonchev–Trinajstić information content (AvgIpc) is 2.49. The van der Waals surface area contributed by atoms with Gasteiger partial charge in [-0.25, -0.2) is 0 Å². The van der Waals surface area contributed by atoms with Gasteiger partial charge in [0.15, 0.2) is 0 Å². The van der Waals surface area contributed by atoms with Crippen LogP contribution in [0.15, 0.2) is 24.3 Å². The SMILES string of the molecule is O=C(CCCCO)Nc1ccc(N2CCOCC2)cc1. The van der Waals surface area contributed by atoms with Crippen molar-refractivity contribution >= 4 is 17.3 Å². The van der Waals surface area contributed by atoms with Crippen LogP contribution in [0.3, 0.4) is 0 Å². The van der Waals surface area contributed by atoms with Crippen molar-refractivity contribution in [2.75, 3.05) is 43.1 Å². The van der Waals surface area contributed by atoms with Gasteiger partial charge in [0.2, 0.25) is 5.91 Å². The molecule has 0 saturated carbocycles. The molecule has 0 spiro atoms. The van der Waals surface area contributed by atoms with Crippen molar-refractivity contribution in [2.24, 2.45) is 0 Å². The minimum absolute atomic E-state index is 0.00225.